The summed E-state index contributed by atoms with van der Waals surface area (Å²) in [5.74, 6) is 0.0440. The first kappa shape index (κ1) is 11.5. The van der Waals surface area contributed by atoms with Crippen LogP contribution in [-0.2, 0) is 9.53 Å². The predicted octanol–water partition coefficient (Wildman–Crippen LogP) is 0.137. The van der Waals surface area contributed by atoms with Crippen LogP contribution in [0.3, 0.4) is 0 Å². The molecule has 0 saturated carbocycles. The third kappa shape index (κ3) is 3.64. The average molecular weight is 200 g/mol. The zero-order valence-corrected chi connectivity index (χ0v) is 9.01. The van der Waals surface area contributed by atoms with Crippen molar-refractivity contribution in [1.29, 1.82) is 0 Å². The number of nitrogens with one attached hydrogen (secondary N) is 2. The highest BCUT2D eigenvalue weighted by molar-refractivity contribution is 5.78. The van der Waals surface area contributed by atoms with Gasteiger partial charge in [0.05, 0.1) is 12.5 Å². The lowest BCUT2D eigenvalue weighted by molar-refractivity contribution is -0.126. The number of hydrogen-bond donors (Lipinski definition) is 2. The summed E-state index contributed by atoms with van der Waals surface area (Å²) >= 11 is 0. The molecule has 0 aromatic carbocycles. The second kappa shape index (κ2) is 5.98. The standard InChI is InChI=1S/C10H20N2O2/c1-8(7-14-2)10(13)12-9-4-3-5-11-6-9/h8-9,11H,3-7H2,1-2H3,(H,12,13)/t8?,9-/m0/s1. The molecule has 0 spiro atoms. The molecule has 1 rings (SSSR count). The highest BCUT2D eigenvalue weighted by Crippen LogP contribution is 2.03. The fraction of sp³-hybridized carbons (Fsp3) is 0.900. The lowest BCUT2D eigenvalue weighted by Gasteiger charge is -2.25. The van der Waals surface area contributed by atoms with Crippen molar-refractivity contribution in [2.24, 2.45) is 5.92 Å². The first-order valence-electron chi connectivity index (χ1n) is 5.24. The Bertz CT molecular complexity index is 179. The van der Waals surface area contributed by atoms with E-state index in [1.807, 2.05) is 6.92 Å². The van der Waals surface area contributed by atoms with Gasteiger partial charge in [0.25, 0.3) is 0 Å². The van der Waals surface area contributed by atoms with Gasteiger partial charge in [0.15, 0.2) is 0 Å². The summed E-state index contributed by atoms with van der Waals surface area (Å²) in [7, 11) is 1.62. The smallest absolute Gasteiger partial charge is 0.225 e. The third-order valence-electron chi connectivity index (χ3n) is 2.51. The lowest BCUT2D eigenvalue weighted by atomic mass is 10.1. The van der Waals surface area contributed by atoms with Gasteiger partial charge in [-0.2, -0.15) is 0 Å². The zero-order chi connectivity index (χ0) is 10.4. The Morgan fingerprint density at radius 1 is 1.71 bits per heavy atom. The van der Waals surface area contributed by atoms with Crippen molar-refractivity contribution < 1.29 is 9.53 Å². The molecule has 1 aliphatic rings. The molecule has 82 valence electrons. The second-order valence-corrected chi connectivity index (χ2v) is 3.91. The Morgan fingerprint density at radius 3 is 3.07 bits per heavy atom. The first-order valence-corrected chi connectivity index (χ1v) is 5.24. The highest BCUT2D eigenvalue weighted by atomic mass is 16.5. The van der Waals surface area contributed by atoms with E-state index >= 15 is 0 Å². The summed E-state index contributed by atoms with van der Waals surface area (Å²) in [6.45, 7) is 4.34. The molecule has 2 atom stereocenters. The van der Waals surface area contributed by atoms with Crippen molar-refractivity contribution in [3.8, 4) is 0 Å². The molecule has 0 bridgehead atoms. The van der Waals surface area contributed by atoms with E-state index in [1.165, 1.54) is 0 Å². The van der Waals surface area contributed by atoms with Gasteiger partial charge in [-0.05, 0) is 19.4 Å². The summed E-state index contributed by atoms with van der Waals surface area (Å²) in [6, 6.07) is 0.301. The van der Waals surface area contributed by atoms with Gasteiger partial charge in [-0.15, -0.1) is 0 Å². The summed E-state index contributed by atoms with van der Waals surface area (Å²) in [5.41, 5.74) is 0. The zero-order valence-electron chi connectivity index (χ0n) is 9.01. The van der Waals surface area contributed by atoms with Crippen molar-refractivity contribution in [2.45, 2.75) is 25.8 Å². The van der Waals surface area contributed by atoms with Crippen LogP contribution in [0, 0.1) is 5.92 Å². The van der Waals surface area contributed by atoms with E-state index in [4.69, 9.17) is 4.74 Å². The molecule has 4 nitrogen and oxygen atoms in total. The molecule has 0 aromatic rings. The second-order valence-electron chi connectivity index (χ2n) is 3.91. The van der Waals surface area contributed by atoms with Gasteiger partial charge in [-0.3, -0.25) is 4.79 Å². The van der Waals surface area contributed by atoms with Crippen LogP contribution in [0.2, 0.25) is 0 Å². The quantitative estimate of drug-likeness (QED) is 0.678. The molecule has 14 heavy (non-hydrogen) atoms. The summed E-state index contributed by atoms with van der Waals surface area (Å²) < 4.78 is 4.94. The first-order chi connectivity index (χ1) is 6.74. The number of piperidine rings is 1. The van der Waals surface area contributed by atoms with Crippen molar-refractivity contribution >= 4 is 5.91 Å². The van der Waals surface area contributed by atoms with Crippen LogP contribution in [-0.4, -0.2) is 38.8 Å². The van der Waals surface area contributed by atoms with Crippen LogP contribution in [0.25, 0.3) is 0 Å². The van der Waals surface area contributed by atoms with Crippen LogP contribution in [0.5, 0.6) is 0 Å². The van der Waals surface area contributed by atoms with Crippen LogP contribution in [0.4, 0.5) is 0 Å². The van der Waals surface area contributed by atoms with Gasteiger partial charge in [0, 0.05) is 19.7 Å². The van der Waals surface area contributed by atoms with Crippen LogP contribution < -0.4 is 10.6 Å². The minimum Gasteiger partial charge on any atom is -0.384 e. The Kier molecular flexibility index (Phi) is 4.90. The SMILES string of the molecule is COCC(C)C(=O)N[C@H]1CCCNC1. The summed E-state index contributed by atoms with van der Waals surface area (Å²) in [6.07, 6.45) is 2.22. The van der Waals surface area contributed by atoms with E-state index in [0.717, 1.165) is 25.9 Å². The Morgan fingerprint density at radius 2 is 2.50 bits per heavy atom. The Hall–Kier alpha value is -0.610. The van der Waals surface area contributed by atoms with Gasteiger partial charge in [-0.1, -0.05) is 6.92 Å². The van der Waals surface area contributed by atoms with Gasteiger partial charge >= 0.3 is 0 Å². The van der Waals surface area contributed by atoms with Gasteiger partial charge < -0.3 is 15.4 Å². The molecule has 1 amide bonds. The van der Waals surface area contributed by atoms with Gasteiger partial charge in [-0.25, -0.2) is 0 Å². The molecule has 0 radical (unpaired) electrons. The van der Waals surface area contributed by atoms with Gasteiger partial charge in [0.2, 0.25) is 5.91 Å². The topological polar surface area (TPSA) is 50.4 Å². The minimum absolute atomic E-state index is 0.0538. The van der Waals surface area contributed by atoms with Gasteiger partial charge in [0.1, 0.15) is 0 Å². The maximum absolute atomic E-state index is 11.6. The number of amides is 1. The Balaban J connectivity index is 2.24. The van der Waals surface area contributed by atoms with Crippen LogP contribution >= 0.6 is 0 Å². The largest absolute Gasteiger partial charge is 0.384 e. The van der Waals surface area contributed by atoms with Crippen LogP contribution in [0.1, 0.15) is 19.8 Å². The fourth-order valence-corrected chi connectivity index (χ4v) is 1.64. The maximum atomic E-state index is 11.6. The number of rotatable bonds is 4. The number of carbonyl (C=O) groups is 1. The minimum atomic E-state index is -0.0538. The molecule has 1 saturated heterocycles. The third-order valence-corrected chi connectivity index (χ3v) is 2.51. The number of ether oxygens (including phenoxy) is 1. The van der Waals surface area contributed by atoms with Crippen LogP contribution in [0.15, 0.2) is 0 Å². The van der Waals surface area contributed by atoms with E-state index in [0.29, 0.717) is 12.6 Å². The molecular formula is C10H20N2O2. The number of hydrogen-bond acceptors (Lipinski definition) is 3. The average Bonchev–Trinajstić information content (AvgIpc) is 2.19. The maximum Gasteiger partial charge on any atom is 0.225 e. The molecule has 2 N–H and O–H groups in total. The molecule has 1 fully saturated rings. The van der Waals surface area contributed by atoms with E-state index in [2.05, 4.69) is 10.6 Å². The van der Waals surface area contributed by atoms with E-state index in [9.17, 15) is 4.79 Å². The summed E-state index contributed by atoms with van der Waals surface area (Å²) in [5, 5.41) is 6.29. The Labute approximate surface area is 85.4 Å². The summed E-state index contributed by atoms with van der Waals surface area (Å²) in [4.78, 5) is 11.6. The fourth-order valence-electron chi connectivity index (χ4n) is 1.64. The van der Waals surface area contributed by atoms with E-state index < -0.39 is 0 Å². The van der Waals surface area contributed by atoms with Crippen molar-refractivity contribution in [2.75, 3.05) is 26.8 Å². The van der Waals surface area contributed by atoms with Crippen molar-refractivity contribution in [3.63, 3.8) is 0 Å². The molecule has 0 aromatic heterocycles. The molecule has 1 unspecified atom stereocenters. The van der Waals surface area contributed by atoms with Crippen molar-refractivity contribution in [3.05, 3.63) is 0 Å². The molecule has 1 heterocycles. The van der Waals surface area contributed by atoms with E-state index in [-0.39, 0.29) is 11.8 Å². The number of methoxy groups -OCH3 is 1. The molecule has 0 aliphatic carbocycles. The molecule has 4 heteroatoms. The predicted molar refractivity (Wildman–Crippen MR) is 55.1 cm³/mol. The van der Waals surface area contributed by atoms with E-state index in [1.54, 1.807) is 7.11 Å². The highest BCUT2D eigenvalue weighted by Gasteiger charge is 2.18. The van der Waals surface area contributed by atoms with Crippen molar-refractivity contribution in [1.82, 2.24) is 10.6 Å². The molecular weight excluding hydrogens is 180 g/mol. The molecule has 1 aliphatic heterocycles. The lowest BCUT2D eigenvalue weighted by Crippen LogP contribution is -2.47. The number of carbonyl (C=O) groups excluding carboxylic acids is 1. The normalized spacial score (nSPS) is 24.3. The monoisotopic (exact) mass is 200 g/mol.